The molecule has 2 bridgehead atoms. The van der Waals surface area contributed by atoms with Crippen molar-refractivity contribution in [3.8, 4) is 22.3 Å². The van der Waals surface area contributed by atoms with E-state index in [4.69, 9.17) is 0 Å². The molecule has 0 saturated heterocycles. The Kier molecular flexibility index (Phi) is 4.63. The molecule has 7 rings (SSSR count). The lowest BCUT2D eigenvalue weighted by molar-refractivity contribution is 0.661. The van der Waals surface area contributed by atoms with Gasteiger partial charge in [0.15, 0.2) is 0 Å². The molecule has 0 unspecified atom stereocenters. The molecule has 0 spiro atoms. The van der Waals surface area contributed by atoms with Gasteiger partial charge in [0.05, 0.1) is 0 Å². The van der Waals surface area contributed by atoms with Crippen LogP contribution in [0.2, 0.25) is 0 Å². The highest BCUT2D eigenvalue weighted by atomic mass is 14.4. The molecule has 0 radical (unpaired) electrons. The molecular weight excluding hydrogens is 432 g/mol. The molecule has 2 aliphatic carbocycles. The lowest BCUT2D eigenvalue weighted by Crippen LogP contribution is -2.15. The van der Waals surface area contributed by atoms with E-state index in [0.717, 1.165) is 12.8 Å². The lowest BCUT2D eigenvalue weighted by atomic mass is 9.81. The number of hydrogen-bond donors (Lipinski definition) is 0. The summed E-state index contributed by atoms with van der Waals surface area (Å²) in [5.41, 5.74) is 12.2. The maximum Gasteiger partial charge on any atom is 0.0159 e. The molecule has 0 amide bonds. The van der Waals surface area contributed by atoms with E-state index in [0.29, 0.717) is 0 Å². The molecule has 36 heavy (non-hydrogen) atoms. The molecule has 0 saturated carbocycles. The van der Waals surface area contributed by atoms with Crippen molar-refractivity contribution in [2.75, 3.05) is 0 Å². The summed E-state index contributed by atoms with van der Waals surface area (Å²) in [5.74, 6) is 0. The minimum absolute atomic E-state index is 0.0337. The molecule has 0 aromatic heterocycles. The van der Waals surface area contributed by atoms with Gasteiger partial charge in [-0.15, -0.1) is 0 Å². The average Bonchev–Trinajstić information content (AvgIpc) is 3.13. The predicted molar refractivity (Wildman–Crippen MR) is 156 cm³/mol. The standard InChI is InChI=1S/C36H30/c1-23-24-10-6-4-5-7-12-26-15-18-28(30(19-14-24)34(23)26)27-16-20-31-33(22-27)36(2,3)32-21-17-25-11-8-9-13-29(25)35(31)32/h6-22H,4-5H2,1-3H3/b10-6?,12-7-. The lowest BCUT2D eigenvalue weighted by Gasteiger charge is -2.22. The first kappa shape index (κ1) is 21.4. The van der Waals surface area contributed by atoms with Gasteiger partial charge in [0.25, 0.3) is 0 Å². The van der Waals surface area contributed by atoms with Crippen LogP contribution in [0.1, 0.15) is 54.5 Å². The fraction of sp³-hybridized carbons (Fsp3) is 0.167. The van der Waals surface area contributed by atoms with Crippen molar-refractivity contribution in [2.45, 2.75) is 39.0 Å². The predicted octanol–water partition coefficient (Wildman–Crippen LogP) is 10.1. The summed E-state index contributed by atoms with van der Waals surface area (Å²) < 4.78 is 0. The summed E-state index contributed by atoms with van der Waals surface area (Å²) in [4.78, 5) is 0. The number of benzene rings is 5. The van der Waals surface area contributed by atoms with Crippen LogP contribution in [-0.4, -0.2) is 0 Å². The molecule has 0 fully saturated rings. The largest absolute Gasteiger partial charge is 0.0836 e. The normalized spacial score (nSPS) is 16.3. The van der Waals surface area contributed by atoms with Crippen molar-refractivity contribution in [2.24, 2.45) is 0 Å². The van der Waals surface area contributed by atoms with Crippen molar-refractivity contribution in [3.63, 3.8) is 0 Å². The van der Waals surface area contributed by atoms with Crippen LogP contribution in [0.15, 0.2) is 91.0 Å². The molecule has 0 heteroatoms. The van der Waals surface area contributed by atoms with E-state index in [9.17, 15) is 0 Å². The third-order valence-corrected chi connectivity index (χ3v) is 8.49. The van der Waals surface area contributed by atoms with Gasteiger partial charge in [-0.1, -0.05) is 111 Å². The smallest absolute Gasteiger partial charge is 0.0159 e. The summed E-state index contributed by atoms with van der Waals surface area (Å²) in [6.07, 6.45) is 11.4. The van der Waals surface area contributed by atoms with Crippen molar-refractivity contribution in [1.29, 1.82) is 0 Å². The summed E-state index contributed by atoms with van der Waals surface area (Å²) in [6.45, 7) is 7.03. The third-order valence-electron chi connectivity index (χ3n) is 8.49. The van der Waals surface area contributed by atoms with E-state index >= 15 is 0 Å². The molecule has 2 aliphatic rings. The monoisotopic (exact) mass is 462 g/mol. The van der Waals surface area contributed by atoms with Gasteiger partial charge in [0.2, 0.25) is 0 Å². The van der Waals surface area contributed by atoms with E-state index in [2.05, 4.69) is 124 Å². The van der Waals surface area contributed by atoms with Gasteiger partial charge < -0.3 is 0 Å². The SMILES string of the molecule is Cc1c2ccc3c(-c4ccc5c(c4)C(C)(C)c4ccc6ccccc6c4-5)ccc(c13)/C=C\CCC=C2. The van der Waals surface area contributed by atoms with E-state index in [1.165, 1.54) is 71.6 Å². The van der Waals surface area contributed by atoms with Crippen LogP contribution in [0.4, 0.5) is 0 Å². The van der Waals surface area contributed by atoms with Gasteiger partial charge in [-0.3, -0.25) is 0 Å². The van der Waals surface area contributed by atoms with E-state index < -0.39 is 0 Å². The first-order chi connectivity index (χ1) is 17.5. The van der Waals surface area contributed by atoms with E-state index in [-0.39, 0.29) is 5.41 Å². The van der Waals surface area contributed by atoms with Gasteiger partial charge in [-0.05, 0) is 97.4 Å². The zero-order valence-electron chi connectivity index (χ0n) is 21.2. The van der Waals surface area contributed by atoms with Crippen LogP contribution >= 0.6 is 0 Å². The van der Waals surface area contributed by atoms with Crippen LogP contribution in [0.25, 0.3) is 56.0 Å². The van der Waals surface area contributed by atoms with Crippen molar-refractivity contribution in [1.82, 2.24) is 0 Å². The van der Waals surface area contributed by atoms with Crippen LogP contribution in [0.3, 0.4) is 0 Å². The zero-order valence-corrected chi connectivity index (χ0v) is 21.2. The van der Waals surface area contributed by atoms with Crippen molar-refractivity contribution < 1.29 is 0 Å². The number of hydrogen-bond acceptors (Lipinski definition) is 0. The molecule has 174 valence electrons. The van der Waals surface area contributed by atoms with Gasteiger partial charge in [-0.25, -0.2) is 0 Å². The first-order valence-corrected chi connectivity index (χ1v) is 13.1. The van der Waals surface area contributed by atoms with Crippen LogP contribution in [0.5, 0.6) is 0 Å². The number of rotatable bonds is 1. The average molecular weight is 463 g/mol. The molecule has 0 heterocycles. The molecule has 5 aromatic carbocycles. The Labute approximate surface area is 213 Å². The van der Waals surface area contributed by atoms with Crippen LogP contribution in [0, 0.1) is 6.92 Å². The van der Waals surface area contributed by atoms with Crippen LogP contribution < -0.4 is 0 Å². The summed E-state index contributed by atoms with van der Waals surface area (Å²) in [7, 11) is 0. The highest BCUT2D eigenvalue weighted by Crippen LogP contribution is 2.52. The second-order valence-electron chi connectivity index (χ2n) is 10.9. The minimum Gasteiger partial charge on any atom is -0.0836 e. The third kappa shape index (κ3) is 3.00. The topological polar surface area (TPSA) is 0 Å². The van der Waals surface area contributed by atoms with Crippen LogP contribution in [-0.2, 0) is 5.41 Å². The maximum absolute atomic E-state index is 2.46. The molecule has 0 aliphatic heterocycles. The van der Waals surface area contributed by atoms with E-state index in [1.54, 1.807) is 0 Å². The highest BCUT2D eigenvalue weighted by molar-refractivity contribution is 6.06. The molecule has 0 N–H and O–H groups in total. The molecule has 0 nitrogen and oxygen atoms in total. The van der Waals surface area contributed by atoms with Gasteiger partial charge in [0, 0.05) is 5.41 Å². The molecular formula is C36H30. The number of fused-ring (bicyclic) bond motifs is 6. The summed E-state index contributed by atoms with van der Waals surface area (Å²) in [5, 5.41) is 5.38. The Balaban J connectivity index is 1.47. The molecule has 5 aromatic rings. The van der Waals surface area contributed by atoms with Crippen molar-refractivity contribution >= 4 is 33.7 Å². The second-order valence-corrected chi connectivity index (χ2v) is 10.9. The number of allylic oxidation sites excluding steroid dienone is 2. The Morgan fingerprint density at radius 1 is 0.639 bits per heavy atom. The maximum atomic E-state index is 2.46. The van der Waals surface area contributed by atoms with Gasteiger partial charge in [-0.2, -0.15) is 0 Å². The minimum atomic E-state index is -0.0337. The zero-order chi connectivity index (χ0) is 24.4. The highest BCUT2D eigenvalue weighted by Gasteiger charge is 2.36. The Morgan fingerprint density at radius 3 is 2.25 bits per heavy atom. The number of aryl methyl sites for hydroxylation is 1. The van der Waals surface area contributed by atoms with Gasteiger partial charge in [0.1, 0.15) is 0 Å². The fourth-order valence-electron chi connectivity index (χ4n) is 6.53. The fourth-order valence-corrected chi connectivity index (χ4v) is 6.53. The van der Waals surface area contributed by atoms with E-state index in [1.807, 2.05) is 0 Å². The Morgan fingerprint density at radius 2 is 1.39 bits per heavy atom. The summed E-state index contributed by atoms with van der Waals surface area (Å²) >= 11 is 0. The Bertz CT molecular complexity index is 1760. The first-order valence-electron chi connectivity index (χ1n) is 13.1. The van der Waals surface area contributed by atoms with Crippen molar-refractivity contribution in [3.05, 3.63) is 119 Å². The molecule has 0 atom stereocenters. The quantitative estimate of drug-likeness (QED) is 0.232. The summed E-state index contributed by atoms with van der Waals surface area (Å²) in [6, 6.07) is 29.9. The second kappa shape index (κ2) is 7.80. The Hall–Kier alpha value is -3.90. The van der Waals surface area contributed by atoms with Gasteiger partial charge >= 0.3 is 0 Å².